The number of primary amides is 1. The molecule has 1 heterocycles. The quantitative estimate of drug-likeness (QED) is 0.700. The summed E-state index contributed by atoms with van der Waals surface area (Å²) >= 11 is 5.92. The standard InChI is InChI=1S/C23H25ClF2N2O2/c1-13-8-19(24)22(26)21(9-13)30-16-4-6-28(7-5-16)12-15-10-20(25)18(23(27)29)11-17(15)14-2-3-14/h8-11,14,16H,2-7,12H2,1H3,(H2,27,29). The van der Waals surface area contributed by atoms with Crippen molar-refractivity contribution in [1.82, 2.24) is 4.90 Å². The highest BCUT2D eigenvalue weighted by Gasteiger charge is 2.29. The molecule has 2 aromatic rings. The molecule has 0 unspecified atom stereocenters. The number of amides is 1. The Morgan fingerprint density at radius 1 is 1.17 bits per heavy atom. The van der Waals surface area contributed by atoms with Crippen LogP contribution < -0.4 is 10.5 Å². The lowest BCUT2D eigenvalue weighted by Crippen LogP contribution is -2.38. The van der Waals surface area contributed by atoms with Gasteiger partial charge in [-0.3, -0.25) is 9.69 Å². The molecule has 1 amide bonds. The third-order valence-corrected chi connectivity index (χ3v) is 6.15. The summed E-state index contributed by atoms with van der Waals surface area (Å²) in [5.41, 5.74) is 8.06. The molecule has 4 nitrogen and oxygen atoms in total. The van der Waals surface area contributed by atoms with Gasteiger partial charge in [0.25, 0.3) is 5.91 Å². The minimum Gasteiger partial charge on any atom is -0.487 e. The van der Waals surface area contributed by atoms with E-state index in [-0.39, 0.29) is 22.4 Å². The highest BCUT2D eigenvalue weighted by molar-refractivity contribution is 6.30. The number of aryl methyl sites for hydroxylation is 1. The van der Waals surface area contributed by atoms with Crippen LogP contribution >= 0.6 is 11.6 Å². The van der Waals surface area contributed by atoms with Gasteiger partial charge in [-0.1, -0.05) is 11.6 Å². The highest BCUT2D eigenvalue weighted by Crippen LogP contribution is 2.43. The number of likely N-dealkylation sites (tertiary alicyclic amines) is 1. The molecule has 0 bridgehead atoms. The van der Waals surface area contributed by atoms with E-state index in [0.717, 1.165) is 55.5 Å². The molecule has 1 aliphatic heterocycles. The Morgan fingerprint density at radius 2 is 1.87 bits per heavy atom. The third kappa shape index (κ3) is 4.60. The van der Waals surface area contributed by atoms with Gasteiger partial charge >= 0.3 is 0 Å². The second kappa shape index (κ2) is 8.52. The number of hydrogen-bond donors (Lipinski definition) is 1. The lowest BCUT2D eigenvalue weighted by Gasteiger charge is -2.32. The van der Waals surface area contributed by atoms with Crippen LogP contribution in [-0.4, -0.2) is 30.0 Å². The highest BCUT2D eigenvalue weighted by atomic mass is 35.5. The number of carbonyl (C=O) groups excluding carboxylic acids is 1. The van der Waals surface area contributed by atoms with Crippen LogP contribution in [-0.2, 0) is 6.54 Å². The van der Waals surface area contributed by atoms with E-state index in [2.05, 4.69) is 4.90 Å². The summed E-state index contributed by atoms with van der Waals surface area (Å²) in [4.78, 5) is 13.7. The maximum Gasteiger partial charge on any atom is 0.251 e. The minimum atomic E-state index is -0.734. The van der Waals surface area contributed by atoms with Gasteiger partial charge in [-0.15, -0.1) is 0 Å². The first kappa shape index (κ1) is 21.1. The molecular formula is C23H25ClF2N2O2. The van der Waals surface area contributed by atoms with Crippen molar-refractivity contribution in [2.24, 2.45) is 5.73 Å². The van der Waals surface area contributed by atoms with Crippen LogP contribution in [0.4, 0.5) is 8.78 Å². The van der Waals surface area contributed by atoms with Gasteiger partial charge in [-0.2, -0.15) is 0 Å². The molecular weight excluding hydrogens is 410 g/mol. The second-order valence-electron chi connectivity index (χ2n) is 8.32. The van der Waals surface area contributed by atoms with Gasteiger partial charge in [0.2, 0.25) is 0 Å². The van der Waals surface area contributed by atoms with Gasteiger partial charge in [-0.05, 0) is 79.5 Å². The van der Waals surface area contributed by atoms with Crippen molar-refractivity contribution in [3.05, 3.63) is 63.2 Å². The summed E-state index contributed by atoms with van der Waals surface area (Å²) in [5.74, 6) is -1.25. The number of halogens is 3. The Labute approximate surface area is 180 Å². The number of benzene rings is 2. The summed E-state index contributed by atoms with van der Waals surface area (Å²) in [6, 6.07) is 6.33. The molecule has 1 saturated heterocycles. The lowest BCUT2D eigenvalue weighted by atomic mass is 9.97. The summed E-state index contributed by atoms with van der Waals surface area (Å²) in [7, 11) is 0. The fourth-order valence-corrected chi connectivity index (χ4v) is 4.38. The van der Waals surface area contributed by atoms with Crippen molar-refractivity contribution in [2.75, 3.05) is 13.1 Å². The molecule has 0 radical (unpaired) electrons. The van der Waals surface area contributed by atoms with Crippen LogP contribution in [0.2, 0.25) is 5.02 Å². The van der Waals surface area contributed by atoms with Crippen molar-refractivity contribution in [2.45, 2.75) is 51.2 Å². The molecule has 0 atom stereocenters. The van der Waals surface area contributed by atoms with Crippen LogP contribution in [0, 0.1) is 18.6 Å². The Balaban J connectivity index is 1.41. The number of nitrogens with two attached hydrogens (primary N) is 1. The zero-order valence-corrected chi connectivity index (χ0v) is 17.6. The summed E-state index contributed by atoms with van der Waals surface area (Å²) in [5, 5.41) is 0.0662. The molecule has 2 fully saturated rings. The number of hydrogen-bond acceptors (Lipinski definition) is 3. The Morgan fingerprint density at radius 3 is 2.50 bits per heavy atom. The molecule has 4 rings (SSSR count). The van der Waals surface area contributed by atoms with Gasteiger partial charge < -0.3 is 10.5 Å². The third-order valence-electron chi connectivity index (χ3n) is 5.87. The molecule has 2 N–H and O–H groups in total. The molecule has 160 valence electrons. The molecule has 1 saturated carbocycles. The zero-order valence-electron chi connectivity index (χ0n) is 16.9. The van der Waals surface area contributed by atoms with Crippen LogP contribution in [0.25, 0.3) is 0 Å². The van der Waals surface area contributed by atoms with E-state index in [9.17, 15) is 13.6 Å². The number of piperidine rings is 1. The monoisotopic (exact) mass is 434 g/mol. The van der Waals surface area contributed by atoms with Gasteiger partial charge in [0.1, 0.15) is 11.9 Å². The predicted molar refractivity (Wildman–Crippen MR) is 112 cm³/mol. The smallest absolute Gasteiger partial charge is 0.251 e. The summed E-state index contributed by atoms with van der Waals surface area (Å²) < 4.78 is 34.4. The van der Waals surface area contributed by atoms with E-state index in [1.165, 1.54) is 6.07 Å². The Hall–Kier alpha value is -2.18. The molecule has 0 aromatic heterocycles. The zero-order chi connectivity index (χ0) is 21.4. The molecule has 7 heteroatoms. The van der Waals surface area contributed by atoms with E-state index in [1.54, 1.807) is 18.2 Å². The average Bonchev–Trinajstić information content (AvgIpc) is 3.52. The number of rotatable bonds is 6. The fourth-order valence-electron chi connectivity index (χ4n) is 4.12. The Bertz CT molecular complexity index is 970. The van der Waals surface area contributed by atoms with Gasteiger partial charge in [0, 0.05) is 19.6 Å². The topological polar surface area (TPSA) is 55.6 Å². The van der Waals surface area contributed by atoms with Gasteiger partial charge in [0.05, 0.1) is 10.6 Å². The predicted octanol–water partition coefficient (Wildman–Crippen LogP) is 4.95. The molecule has 1 aliphatic carbocycles. The van der Waals surface area contributed by atoms with E-state index < -0.39 is 17.5 Å². The normalized spacial score (nSPS) is 17.9. The van der Waals surface area contributed by atoms with Crippen molar-refractivity contribution in [3.8, 4) is 5.75 Å². The maximum atomic E-state index is 14.3. The largest absolute Gasteiger partial charge is 0.487 e. The minimum absolute atomic E-state index is 0.0356. The first-order chi connectivity index (χ1) is 14.3. The lowest BCUT2D eigenvalue weighted by molar-refractivity contribution is 0.0932. The van der Waals surface area contributed by atoms with Crippen molar-refractivity contribution in [3.63, 3.8) is 0 Å². The van der Waals surface area contributed by atoms with Crippen molar-refractivity contribution in [1.29, 1.82) is 0 Å². The fraction of sp³-hybridized carbons (Fsp3) is 0.435. The van der Waals surface area contributed by atoms with Crippen LogP contribution in [0.5, 0.6) is 5.75 Å². The average molecular weight is 435 g/mol. The number of carbonyl (C=O) groups is 1. The summed E-state index contributed by atoms with van der Waals surface area (Å²) in [6.45, 7) is 3.98. The molecule has 2 aliphatic rings. The first-order valence-electron chi connectivity index (χ1n) is 10.3. The first-order valence-corrected chi connectivity index (χ1v) is 10.7. The number of ether oxygens (including phenoxy) is 1. The van der Waals surface area contributed by atoms with Gasteiger partial charge in [0.15, 0.2) is 11.6 Å². The van der Waals surface area contributed by atoms with Crippen molar-refractivity contribution >= 4 is 17.5 Å². The number of nitrogens with zero attached hydrogens (tertiary/aromatic N) is 1. The molecule has 2 aromatic carbocycles. The van der Waals surface area contributed by atoms with E-state index in [4.69, 9.17) is 22.1 Å². The van der Waals surface area contributed by atoms with Crippen LogP contribution in [0.1, 0.15) is 58.6 Å². The van der Waals surface area contributed by atoms with Crippen LogP contribution in [0.3, 0.4) is 0 Å². The second-order valence-corrected chi connectivity index (χ2v) is 8.73. The summed E-state index contributed by atoms with van der Waals surface area (Å²) in [6.07, 6.45) is 3.50. The van der Waals surface area contributed by atoms with E-state index in [0.29, 0.717) is 12.5 Å². The Kier molecular flexibility index (Phi) is 5.98. The van der Waals surface area contributed by atoms with Gasteiger partial charge in [-0.25, -0.2) is 8.78 Å². The molecule has 30 heavy (non-hydrogen) atoms. The van der Waals surface area contributed by atoms with E-state index in [1.807, 2.05) is 6.92 Å². The van der Waals surface area contributed by atoms with Crippen molar-refractivity contribution < 1.29 is 18.3 Å². The van der Waals surface area contributed by atoms with E-state index >= 15 is 0 Å². The molecule has 0 spiro atoms. The maximum absolute atomic E-state index is 14.3. The van der Waals surface area contributed by atoms with Crippen LogP contribution in [0.15, 0.2) is 24.3 Å². The SMILES string of the molecule is Cc1cc(Cl)c(F)c(OC2CCN(Cc3cc(F)c(C(N)=O)cc3C3CC3)CC2)c1.